The molecule has 0 bridgehead atoms. The van der Waals surface area contributed by atoms with Crippen molar-refractivity contribution < 1.29 is 22.3 Å². The van der Waals surface area contributed by atoms with Crippen LogP contribution in [0.3, 0.4) is 0 Å². The van der Waals surface area contributed by atoms with E-state index in [-0.39, 0.29) is 4.90 Å². The van der Waals surface area contributed by atoms with E-state index >= 15 is 0 Å². The number of anilines is 1. The fraction of sp³-hybridized carbons (Fsp3) is 0.133. The summed E-state index contributed by atoms with van der Waals surface area (Å²) in [5.74, 6) is -0.513. The molecule has 0 atom stereocenters. The first-order chi connectivity index (χ1) is 18.7. The first kappa shape index (κ1) is 27.5. The van der Waals surface area contributed by atoms with Crippen molar-refractivity contribution in [1.29, 1.82) is 0 Å². The van der Waals surface area contributed by atoms with Crippen LogP contribution in [0.2, 0.25) is 0 Å². The van der Waals surface area contributed by atoms with Crippen LogP contribution in [0.25, 0.3) is 0 Å². The lowest BCUT2D eigenvalue weighted by molar-refractivity contribution is -0.119. The van der Waals surface area contributed by atoms with Gasteiger partial charge >= 0.3 is 0 Å². The van der Waals surface area contributed by atoms with Crippen LogP contribution < -0.4 is 14.5 Å². The summed E-state index contributed by atoms with van der Waals surface area (Å²) in [6.45, 7) is 3.82. The fourth-order valence-electron chi connectivity index (χ4n) is 3.61. The van der Waals surface area contributed by atoms with Crippen LogP contribution in [0.1, 0.15) is 22.3 Å². The molecule has 0 aliphatic carbocycles. The molecule has 0 radical (unpaired) electrons. The van der Waals surface area contributed by atoms with Gasteiger partial charge < -0.3 is 4.74 Å². The number of aryl methyl sites for hydroxylation is 2. The monoisotopic (exact) mass is 545 g/mol. The Morgan fingerprint density at radius 2 is 1.46 bits per heavy atom. The number of sulfonamides is 1. The Labute approximate surface area is 227 Å². The number of amides is 1. The lowest BCUT2D eigenvalue weighted by Crippen LogP contribution is -2.39. The minimum Gasteiger partial charge on any atom is -0.489 e. The molecule has 0 heterocycles. The highest BCUT2D eigenvalue weighted by molar-refractivity contribution is 7.92. The van der Waals surface area contributed by atoms with Crippen LogP contribution in [0.4, 0.5) is 10.1 Å². The first-order valence-electron chi connectivity index (χ1n) is 12.2. The number of nitrogens with one attached hydrogen (secondary N) is 1. The average Bonchev–Trinajstić information content (AvgIpc) is 2.93. The first-order valence-corrected chi connectivity index (χ1v) is 13.6. The minimum atomic E-state index is -4.15. The summed E-state index contributed by atoms with van der Waals surface area (Å²) in [6.07, 6.45) is 1.45. The van der Waals surface area contributed by atoms with Gasteiger partial charge in [-0.15, -0.1) is 0 Å². The summed E-state index contributed by atoms with van der Waals surface area (Å²) < 4.78 is 46.8. The normalized spacial score (nSPS) is 11.4. The summed E-state index contributed by atoms with van der Waals surface area (Å²) in [4.78, 5) is 12.6. The van der Waals surface area contributed by atoms with Crippen molar-refractivity contribution in [2.45, 2.75) is 25.3 Å². The molecule has 9 heteroatoms. The number of hydrogen-bond donors (Lipinski definition) is 1. The Kier molecular flexibility index (Phi) is 8.73. The molecule has 0 spiro atoms. The van der Waals surface area contributed by atoms with Gasteiger partial charge in [-0.3, -0.25) is 9.10 Å². The van der Waals surface area contributed by atoms with E-state index in [0.717, 1.165) is 39.7 Å². The largest absolute Gasteiger partial charge is 0.489 e. The Bertz CT molecular complexity index is 1540. The Morgan fingerprint density at radius 3 is 2.08 bits per heavy atom. The van der Waals surface area contributed by atoms with Crippen molar-refractivity contribution in [3.63, 3.8) is 0 Å². The maximum Gasteiger partial charge on any atom is 0.264 e. The summed E-state index contributed by atoms with van der Waals surface area (Å²) in [7, 11) is -4.15. The SMILES string of the molecule is Cc1ccc(COc2ccc(/C=N\NC(=O)CN(c3ccc(C)cc3)S(=O)(=O)c3ccc(F)cc3)cc2)cc1. The number of ether oxygens (including phenoxy) is 1. The number of halogens is 1. The second-order valence-electron chi connectivity index (χ2n) is 8.94. The molecule has 0 fully saturated rings. The summed E-state index contributed by atoms with van der Waals surface area (Å²) in [5, 5.41) is 3.96. The third kappa shape index (κ3) is 7.52. The fourth-order valence-corrected chi connectivity index (χ4v) is 5.03. The number of hydrogen-bond acceptors (Lipinski definition) is 5. The molecule has 200 valence electrons. The predicted molar refractivity (Wildman–Crippen MR) is 150 cm³/mol. The van der Waals surface area contributed by atoms with Crippen LogP contribution in [0, 0.1) is 19.7 Å². The third-order valence-electron chi connectivity index (χ3n) is 5.82. The number of carbonyl (C=O) groups excluding carboxylic acids is 1. The zero-order chi connectivity index (χ0) is 27.8. The molecule has 0 aromatic heterocycles. The van der Waals surface area contributed by atoms with Gasteiger partial charge in [0, 0.05) is 0 Å². The molecule has 4 rings (SSSR count). The maximum absolute atomic E-state index is 13.4. The van der Waals surface area contributed by atoms with Gasteiger partial charge in [0.1, 0.15) is 24.7 Å². The molecule has 7 nitrogen and oxygen atoms in total. The molecule has 0 saturated heterocycles. The second kappa shape index (κ2) is 12.4. The van der Waals surface area contributed by atoms with Crippen molar-refractivity contribution in [3.8, 4) is 5.75 Å². The molecule has 0 aliphatic heterocycles. The van der Waals surface area contributed by atoms with E-state index in [1.54, 1.807) is 48.5 Å². The van der Waals surface area contributed by atoms with Crippen LogP contribution in [0.15, 0.2) is 107 Å². The quantitative estimate of drug-likeness (QED) is 0.215. The number of rotatable bonds is 10. The Hall–Kier alpha value is -4.50. The van der Waals surface area contributed by atoms with Crippen molar-refractivity contribution in [1.82, 2.24) is 5.43 Å². The highest BCUT2D eigenvalue weighted by Gasteiger charge is 2.27. The van der Waals surface area contributed by atoms with E-state index in [0.29, 0.717) is 23.6 Å². The van der Waals surface area contributed by atoms with Crippen LogP contribution in [-0.2, 0) is 21.4 Å². The van der Waals surface area contributed by atoms with Crippen LogP contribution in [-0.4, -0.2) is 27.1 Å². The number of hydrazone groups is 1. The third-order valence-corrected chi connectivity index (χ3v) is 7.61. The molecule has 0 saturated carbocycles. The lowest BCUT2D eigenvalue weighted by Gasteiger charge is -2.23. The standard InChI is InChI=1S/C30H28FN3O4S/c1-22-3-7-25(8-4-22)21-38-28-15-9-24(10-16-28)19-32-33-30(35)20-34(27-13-5-23(2)6-14-27)39(36,37)29-17-11-26(31)12-18-29/h3-19H,20-21H2,1-2H3,(H,33,35)/b32-19-. The Balaban J connectivity index is 1.39. The number of nitrogens with zero attached hydrogens (tertiary/aromatic N) is 2. The van der Waals surface area contributed by atoms with E-state index in [4.69, 9.17) is 4.74 Å². The van der Waals surface area contributed by atoms with Crippen molar-refractivity contribution in [2.75, 3.05) is 10.8 Å². The van der Waals surface area contributed by atoms with E-state index in [1.807, 2.05) is 38.1 Å². The topological polar surface area (TPSA) is 88.1 Å². The zero-order valence-corrected chi connectivity index (χ0v) is 22.4. The molecule has 0 unspecified atom stereocenters. The molecule has 4 aromatic carbocycles. The lowest BCUT2D eigenvalue weighted by atomic mass is 10.2. The van der Waals surface area contributed by atoms with Gasteiger partial charge in [-0.2, -0.15) is 5.10 Å². The van der Waals surface area contributed by atoms with Crippen LogP contribution >= 0.6 is 0 Å². The molecular weight excluding hydrogens is 517 g/mol. The smallest absolute Gasteiger partial charge is 0.264 e. The molecule has 1 N–H and O–H groups in total. The van der Waals surface area contributed by atoms with Gasteiger partial charge in [-0.25, -0.2) is 18.2 Å². The van der Waals surface area contributed by atoms with Gasteiger partial charge in [-0.05, 0) is 85.6 Å². The highest BCUT2D eigenvalue weighted by atomic mass is 32.2. The molecule has 4 aromatic rings. The van der Waals surface area contributed by atoms with Gasteiger partial charge in [0.15, 0.2) is 0 Å². The van der Waals surface area contributed by atoms with Crippen molar-refractivity contribution in [2.24, 2.45) is 5.10 Å². The molecule has 39 heavy (non-hydrogen) atoms. The zero-order valence-electron chi connectivity index (χ0n) is 21.5. The maximum atomic E-state index is 13.4. The minimum absolute atomic E-state index is 0.134. The van der Waals surface area contributed by atoms with Crippen molar-refractivity contribution in [3.05, 3.63) is 125 Å². The van der Waals surface area contributed by atoms with Gasteiger partial charge in [-0.1, -0.05) is 47.5 Å². The predicted octanol–water partition coefficient (Wildman–Crippen LogP) is 5.37. The summed E-state index contributed by atoms with van der Waals surface area (Å²) in [5.41, 5.74) is 6.57. The molecular formula is C30H28FN3O4S. The van der Waals surface area contributed by atoms with Crippen LogP contribution in [0.5, 0.6) is 5.75 Å². The van der Waals surface area contributed by atoms with Gasteiger partial charge in [0.25, 0.3) is 15.9 Å². The highest BCUT2D eigenvalue weighted by Crippen LogP contribution is 2.24. The van der Waals surface area contributed by atoms with Crippen molar-refractivity contribution >= 4 is 27.8 Å². The van der Waals surface area contributed by atoms with E-state index < -0.39 is 28.3 Å². The van der Waals surface area contributed by atoms with E-state index in [9.17, 15) is 17.6 Å². The van der Waals surface area contributed by atoms with Gasteiger partial charge in [0.05, 0.1) is 16.8 Å². The molecule has 0 aliphatic rings. The van der Waals surface area contributed by atoms with E-state index in [2.05, 4.69) is 10.5 Å². The van der Waals surface area contributed by atoms with Gasteiger partial charge in [0.2, 0.25) is 0 Å². The number of benzene rings is 4. The average molecular weight is 546 g/mol. The summed E-state index contributed by atoms with van der Waals surface area (Å²) >= 11 is 0. The van der Waals surface area contributed by atoms with E-state index in [1.165, 1.54) is 11.8 Å². The number of carbonyl (C=O) groups is 1. The summed E-state index contributed by atoms with van der Waals surface area (Å²) in [6, 6.07) is 26.4. The molecule has 1 amide bonds. The Morgan fingerprint density at radius 1 is 0.872 bits per heavy atom. The second-order valence-corrected chi connectivity index (χ2v) is 10.8.